The normalized spacial score (nSPS) is 43.2. The molecule has 0 saturated heterocycles. The molecule has 0 aromatic rings. The van der Waals surface area contributed by atoms with E-state index in [1.165, 1.54) is 12.5 Å². The molecule has 3 aliphatic rings. The number of hydrogen-bond donors (Lipinski definition) is 2. The van der Waals surface area contributed by atoms with Crippen LogP contribution in [-0.4, -0.2) is 27.7 Å². The Labute approximate surface area is 145 Å². The maximum absolute atomic E-state index is 12.1. The molecular weight excluding hydrogens is 300 g/mol. The van der Waals surface area contributed by atoms with Crippen LogP contribution in [0.5, 0.6) is 0 Å². The fraction of sp³-hybridized carbons (Fsp3) is 0.667. The highest BCUT2D eigenvalue weighted by molar-refractivity contribution is 5.86. The molecule has 0 bridgehead atoms. The first kappa shape index (κ1) is 17.6. The highest BCUT2D eigenvalue weighted by Gasteiger charge is 2.60. The van der Waals surface area contributed by atoms with Crippen molar-refractivity contribution in [3.05, 3.63) is 35.5 Å². The van der Waals surface area contributed by atoms with Crippen molar-refractivity contribution in [2.75, 3.05) is 0 Å². The quantitative estimate of drug-likeness (QED) is 0.808. The highest BCUT2D eigenvalue weighted by atomic mass is 16.3. The number of carbonyl (C=O) groups is 1. The van der Waals surface area contributed by atoms with Gasteiger partial charge in [-0.1, -0.05) is 36.8 Å². The minimum absolute atomic E-state index is 0.0871. The van der Waals surface area contributed by atoms with Crippen molar-refractivity contribution in [2.24, 2.45) is 11.3 Å². The predicted molar refractivity (Wildman–Crippen MR) is 95.5 cm³/mol. The Hall–Kier alpha value is -1.19. The first-order valence-corrected chi connectivity index (χ1v) is 9.27. The Balaban J connectivity index is 1.87. The van der Waals surface area contributed by atoms with Crippen LogP contribution in [0.15, 0.2) is 35.5 Å². The number of hydrogen-bond acceptors (Lipinski definition) is 3. The first-order valence-electron chi connectivity index (χ1n) is 9.27. The number of carbonyl (C=O) groups excluding carboxylic acids is 1. The zero-order valence-electron chi connectivity index (χ0n) is 15.0. The van der Waals surface area contributed by atoms with E-state index in [4.69, 9.17) is 0 Å². The SMILES string of the molecule is C=C1CC[C@H](O)C/C1=C/C=C1\CCC[C@@]2(C)C1CC[C@]2(O)C(C)=O. The van der Waals surface area contributed by atoms with E-state index in [0.717, 1.165) is 49.7 Å². The average Bonchev–Trinajstić information content (AvgIpc) is 2.82. The van der Waals surface area contributed by atoms with Gasteiger partial charge in [-0.25, -0.2) is 0 Å². The van der Waals surface area contributed by atoms with Gasteiger partial charge in [-0.05, 0) is 69.8 Å². The number of Topliss-reactive ketones (excluding diaryl/α,β-unsaturated/α-hetero) is 1. The van der Waals surface area contributed by atoms with Crippen LogP contribution in [-0.2, 0) is 4.79 Å². The molecule has 0 aliphatic heterocycles. The van der Waals surface area contributed by atoms with Gasteiger partial charge in [-0.2, -0.15) is 0 Å². The molecule has 3 heteroatoms. The van der Waals surface area contributed by atoms with E-state index >= 15 is 0 Å². The summed E-state index contributed by atoms with van der Waals surface area (Å²) in [5, 5.41) is 20.9. The molecule has 132 valence electrons. The second kappa shape index (κ2) is 6.27. The summed E-state index contributed by atoms with van der Waals surface area (Å²) >= 11 is 0. The first-order chi connectivity index (χ1) is 11.3. The molecular formula is C21H30O3. The lowest BCUT2D eigenvalue weighted by Crippen LogP contribution is -2.51. The van der Waals surface area contributed by atoms with Crippen molar-refractivity contribution in [2.45, 2.75) is 76.9 Å². The molecule has 0 heterocycles. The number of fused-ring (bicyclic) bond motifs is 1. The molecule has 0 radical (unpaired) electrons. The van der Waals surface area contributed by atoms with Gasteiger partial charge in [0.2, 0.25) is 0 Å². The molecule has 2 N–H and O–H groups in total. The van der Waals surface area contributed by atoms with Gasteiger partial charge in [-0.15, -0.1) is 0 Å². The molecule has 3 fully saturated rings. The predicted octanol–water partition coefficient (Wildman–Crippen LogP) is 3.86. The van der Waals surface area contributed by atoms with Gasteiger partial charge in [0.15, 0.2) is 5.78 Å². The molecule has 4 atom stereocenters. The largest absolute Gasteiger partial charge is 0.393 e. The van der Waals surface area contributed by atoms with Crippen molar-refractivity contribution >= 4 is 5.78 Å². The third-order valence-corrected chi connectivity index (χ3v) is 6.89. The monoisotopic (exact) mass is 330 g/mol. The zero-order chi connectivity index (χ0) is 17.5. The Morgan fingerprint density at radius 1 is 1.25 bits per heavy atom. The fourth-order valence-corrected chi connectivity index (χ4v) is 5.23. The van der Waals surface area contributed by atoms with Crippen LogP contribution in [0.2, 0.25) is 0 Å². The minimum atomic E-state index is -1.17. The number of ketones is 1. The molecule has 24 heavy (non-hydrogen) atoms. The van der Waals surface area contributed by atoms with Crippen LogP contribution in [0.1, 0.15) is 65.2 Å². The zero-order valence-corrected chi connectivity index (χ0v) is 15.0. The van der Waals surface area contributed by atoms with Crippen molar-refractivity contribution in [1.29, 1.82) is 0 Å². The molecule has 3 nitrogen and oxygen atoms in total. The molecule has 1 unspecified atom stereocenters. The fourth-order valence-electron chi connectivity index (χ4n) is 5.23. The van der Waals surface area contributed by atoms with Gasteiger partial charge in [-0.3, -0.25) is 4.79 Å². The van der Waals surface area contributed by atoms with Crippen LogP contribution in [0.4, 0.5) is 0 Å². The van der Waals surface area contributed by atoms with Crippen LogP contribution in [0.25, 0.3) is 0 Å². The Kier molecular flexibility index (Phi) is 4.61. The smallest absolute Gasteiger partial charge is 0.161 e. The van der Waals surface area contributed by atoms with E-state index in [1.807, 2.05) is 0 Å². The summed E-state index contributed by atoms with van der Waals surface area (Å²) in [4.78, 5) is 12.1. The van der Waals surface area contributed by atoms with Gasteiger partial charge in [0, 0.05) is 5.41 Å². The number of aliphatic hydroxyl groups is 2. The Morgan fingerprint density at radius 2 is 2.00 bits per heavy atom. The van der Waals surface area contributed by atoms with Crippen molar-refractivity contribution in [1.82, 2.24) is 0 Å². The Bertz CT molecular complexity index is 615. The second-order valence-corrected chi connectivity index (χ2v) is 8.21. The lowest BCUT2D eigenvalue weighted by atomic mass is 9.61. The lowest BCUT2D eigenvalue weighted by molar-refractivity contribution is -0.149. The number of allylic oxidation sites excluding steroid dienone is 4. The average molecular weight is 330 g/mol. The van der Waals surface area contributed by atoms with E-state index < -0.39 is 5.60 Å². The maximum Gasteiger partial charge on any atom is 0.161 e. The molecule has 3 aliphatic carbocycles. The Morgan fingerprint density at radius 3 is 2.71 bits per heavy atom. The van der Waals surface area contributed by atoms with E-state index in [1.54, 1.807) is 0 Å². The molecule has 0 amide bonds. The number of aliphatic hydroxyl groups excluding tert-OH is 1. The van der Waals surface area contributed by atoms with Crippen LogP contribution < -0.4 is 0 Å². The molecule has 0 aromatic heterocycles. The molecule has 0 spiro atoms. The van der Waals surface area contributed by atoms with Crippen molar-refractivity contribution in [3.8, 4) is 0 Å². The van der Waals surface area contributed by atoms with Gasteiger partial charge in [0.1, 0.15) is 5.60 Å². The number of rotatable bonds is 2. The van der Waals surface area contributed by atoms with Crippen LogP contribution in [0, 0.1) is 11.3 Å². The van der Waals surface area contributed by atoms with Gasteiger partial charge in [0.05, 0.1) is 6.10 Å². The standard InChI is InChI=1S/C21H30O3/c1-14-6-9-18(23)13-17(14)8-7-16-5-4-11-20(3)19(16)10-12-21(20,24)15(2)22/h7-8,18-19,23-24H,1,4-6,9-13H2,2-3H3/b16-7+,17-8-/t18-,19?,20-,21-/m0/s1. The maximum atomic E-state index is 12.1. The summed E-state index contributed by atoms with van der Waals surface area (Å²) in [6.07, 6.45) is 10.8. The summed E-state index contributed by atoms with van der Waals surface area (Å²) in [7, 11) is 0. The van der Waals surface area contributed by atoms with Crippen molar-refractivity contribution in [3.63, 3.8) is 0 Å². The summed E-state index contributed by atoms with van der Waals surface area (Å²) in [5.41, 5.74) is 2.11. The summed E-state index contributed by atoms with van der Waals surface area (Å²) in [6, 6.07) is 0. The van der Waals surface area contributed by atoms with Gasteiger partial charge < -0.3 is 10.2 Å². The second-order valence-electron chi connectivity index (χ2n) is 8.21. The molecule has 3 saturated carbocycles. The lowest BCUT2D eigenvalue weighted by Gasteiger charge is -2.45. The summed E-state index contributed by atoms with van der Waals surface area (Å²) in [5.74, 6) is 0.190. The summed E-state index contributed by atoms with van der Waals surface area (Å²) < 4.78 is 0. The van der Waals surface area contributed by atoms with E-state index in [9.17, 15) is 15.0 Å². The topological polar surface area (TPSA) is 57.5 Å². The third kappa shape index (κ3) is 2.72. The van der Waals surface area contributed by atoms with E-state index in [-0.39, 0.29) is 23.2 Å². The highest BCUT2D eigenvalue weighted by Crippen LogP contribution is 2.59. The summed E-state index contributed by atoms with van der Waals surface area (Å²) in [6.45, 7) is 7.75. The van der Waals surface area contributed by atoms with E-state index in [0.29, 0.717) is 12.8 Å². The van der Waals surface area contributed by atoms with E-state index in [2.05, 4.69) is 25.7 Å². The van der Waals surface area contributed by atoms with Crippen LogP contribution in [0.3, 0.4) is 0 Å². The van der Waals surface area contributed by atoms with Gasteiger partial charge >= 0.3 is 0 Å². The molecule has 3 rings (SSSR count). The minimum Gasteiger partial charge on any atom is -0.393 e. The third-order valence-electron chi connectivity index (χ3n) is 6.89. The molecule has 0 aromatic carbocycles. The van der Waals surface area contributed by atoms with Crippen molar-refractivity contribution < 1.29 is 15.0 Å². The van der Waals surface area contributed by atoms with Crippen LogP contribution >= 0.6 is 0 Å². The van der Waals surface area contributed by atoms with Gasteiger partial charge in [0.25, 0.3) is 0 Å².